The van der Waals surface area contributed by atoms with E-state index < -0.39 is 11.7 Å². The SMILES string of the molecule is CN1C2C=C(c3cc(C#N)cc(C(F)(F)F)c3)CC1CC2. The van der Waals surface area contributed by atoms with Crippen LogP contribution in [0.2, 0.25) is 0 Å². The Labute approximate surface area is 121 Å². The van der Waals surface area contributed by atoms with Gasteiger partial charge in [-0.3, -0.25) is 4.90 Å². The lowest BCUT2D eigenvalue weighted by Crippen LogP contribution is -2.34. The Balaban J connectivity index is 2.03. The molecule has 3 rings (SSSR count). The molecule has 0 radical (unpaired) electrons. The molecule has 0 aromatic heterocycles. The number of alkyl halides is 3. The molecule has 0 amide bonds. The Hall–Kier alpha value is -1.80. The van der Waals surface area contributed by atoms with E-state index in [0.29, 0.717) is 17.6 Å². The monoisotopic (exact) mass is 292 g/mol. The Morgan fingerprint density at radius 2 is 2.00 bits per heavy atom. The largest absolute Gasteiger partial charge is 0.416 e. The molecule has 2 atom stereocenters. The summed E-state index contributed by atoms with van der Waals surface area (Å²) in [7, 11) is 2.06. The van der Waals surface area contributed by atoms with Crippen LogP contribution in [0, 0.1) is 11.3 Å². The summed E-state index contributed by atoms with van der Waals surface area (Å²) in [6, 6.07) is 6.17. The maximum Gasteiger partial charge on any atom is 0.416 e. The van der Waals surface area contributed by atoms with Crippen molar-refractivity contribution in [2.45, 2.75) is 37.5 Å². The lowest BCUT2D eigenvalue weighted by atomic mass is 9.92. The van der Waals surface area contributed by atoms with Crippen molar-refractivity contribution in [1.82, 2.24) is 4.90 Å². The van der Waals surface area contributed by atoms with Crippen LogP contribution in [0.3, 0.4) is 0 Å². The molecule has 0 saturated carbocycles. The molecule has 2 aliphatic heterocycles. The Kier molecular flexibility index (Phi) is 3.29. The van der Waals surface area contributed by atoms with Gasteiger partial charge in [0.05, 0.1) is 17.2 Å². The van der Waals surface area contributed by atoms with Gasteiger partial charge in [0.15, 0.2) is 0 Å². The van der Waals surface area contributed by atoms with E-state index in [4.69, 9.17) is 5.26 Å². The second kappa shape index (κ2) is 4.88. The van der Waals surface area contributed by atoms with Crippen LogP contribution in [-0.4, -0.2) is 24.0 Å². The van der Waals surface area contributed by atoms with Gasteiger partial charge in [-0.05, 0) is 55.6 Å². The Morgan fingerprint density at radius 3 is 2.62 bits per heavy atom. The number of benzene rings is 1. The third kappa shape index (κ3) is 2.56. The molecule has 0 spiro atoms. The van der Waals surface area contributed by atoms with Crippen LogP contribution >= 0.6 is 0 Å². The van der Waals surface area contributed by atoms with Crippen LogP contribution in [0.25, 0.3) is 5.57 Å². The maximum atomic E-state index is 12.9. The molecule has 5 heteroatoms. The minimum atomic E-state index is -4.42. The fourth-order valence-electron chi connectivity index (χ4n) is 3.30. The molecule has 0 aliphatic carbocycles. The molecule has 1 fully saturated rings. The third-order valence-electron chi connectivity index (χ3n) is 4.50. The number of rotatable bonds is 1. The highest BCUT2D eigenvalue weighted by Gasteiger charge is 2.35. The first-order valence-electron chi connectivity index (χ1n) is 6.94. The van der Waals surface area contributed by atoms with E-state index in [1.54, 1.807) is 6.07 Å². The Morgan fingerprint density at radius 1 is 1.24 bits per heavy atom. The van der Waals surface area contributed by atoms with E-state index in [1.807, 2.05) is 6.07 Å². The van der Waals surface area contributed by atoms with Crippen molar-refractivity contribution < 1.29 is 13.2 Å². The standard InChI is InChI=1S/C16H15F3N2/c1-21-14-2-3-15(21)8-12(7-14)11-4-10(9-20)5-13(6-11)16(17,18)19/h4-7,14-15H,2-3,8H2,1H3. The van der Waals surface area contributed by atoms with Gasteiger partial charge in [-0.1, -0.05) is 6.08 Å². The van der Waals surface area contributed by atoms with Crippen molar-refractivity contribution in [2.75, 3.05) is 7.05 Å². The fraction of sp³-hybridized carbons (Fsp3) is 0.438. The summed E-state index contributed by atoms with van der Waals surface area (Å²) in [6.07, 6.45) is 0.506. The molecule has 110 valence electrons. The highest BCUT2D eigenvalue weighted by molar-refractivity contribution is 5.70. The lowest BCUT2D eigenvalue weighted by Gasteiger charge is -2.30. The van der Waals surface area contributed by atoms with Gasteiger partial charge in [-0.25, -0.2) is 0 Å². The predicted molar refractivity (Wildman–Crippen MR) is 73.3 cm³/mol. The zero-order valence-corrected chi connectivity index (χ0v) is 11.6. The minimum absolute atomic E-state index is 0.0620. The van der Waals surface area contributed by atoms with E-state index in [9.17, 15) is 13.2 Å². The van der Waals surface area contributed by atoms with Crippen LogP contribution in [0.15, 0.2) is 24.3 Å². The van der Waals surface area contributed by atoms with Gasteiger partial charge in [0, 0.05) is 12.1 Å². The molecule has 2 bridgehead atoms. The van der Waals surface area contributed by atoms with Gasteiger partial charge >= 0.3 is 6.18 Å². The highest BCUT2D eigenvalue weighted by atomic mass is 19.4. The van der Waals surface area contributed by atoms with Gasteiger partial charge in [-0.2, -0.15) is 18.4 Å². The quantitative estimate of drug-likeness (QED) is 0.786. The molecule has 1 aromatic carbocycles. The Bertz CT molecular complexity index is 640. The molecule has 0 N–H and O–H groups in total. The molecular weight excluding hydrogens is 277 g/mol. The summed E-state index contributed by atoms with van der Waals surface area (Å²) in [5.74, 6) is 0. The zero-order valence-electron chi connectivity index (χ0n) is 11.6. The van der Waals surface area contributed by atoms with Crippen LogP contribution in [0.4, 0.5) is 13.2 Å². The average Bonchev–Trinajstić information content (AvgIpc) is 2.67. The van der Waals surface area contributed by atoms with E-state index in [0.717, 1.165) is 37.0 Å². The molecule has 1 saturated heterocycles. The van der Waals surface area contributed by atoms with Gasteiger partial charge in [0.2, 0.25) is 0 Å². The number of hydrogen-bond donors (Lipinski definition) is 0. The summed E-state index contributed by atoms with van der Waals surface area (Å²) in [6.45, 7) is 0. The van der Waals surface area contributed by atoms with Crippen molar-refractivity contribution in [3.8, 4) is 6.07 Å². The molecule has 2 unspecified atom stereocenters. The summed E-state index contributed by atoms with van der Waals surface area (Å²) in [4.78, 5) is 2.28. The first-order chi connectivity index (χ1) is 9.88. The summed E-state index contributed by atoms with van der Waals surface area (Å²) < 4.78 is 38.8. The predicted octanol–water partition coefficient (Wildman–Crippen LogP) is 3.83. The van der Waals surface area contributed by atoms with Crippen LogP contribution < -0.4 is 0 Å². The average molecular weight is 292 g/mol. The van der Waals surface area contributed by atoms with Crippen LogP contribution in [-0.2, 0) is 6.18 Å². The second-order valence-corrected chi connectivity index (χ2v) is 5.77. The molecule has 1 aromatic rings. The van der Waals surface area contributed by atoms with Crippen molar-refractivity contribution in [1.29, 1.82) is 5.26 Å². The summed E-state index contributed by atoms with van der Waals surface area (Å²) in [5, 5.41) is 8.96. The number of likely N-dealkylation sites (N-methyl/N-ethyl adjacent to an activating group) is 1. The number of nitriles is 1. The van der Waals surface area contributed by atoms with E-state index in [2.05, 4.69) is 18.0 Å². The number of hydrogen-bond acceptors (Lipinski definition) is 2. The van der Waals surface area contributed by atoms with Gasteiger partial charge in [0.25, 0.3) is 0 Å². The lowest BCUT2D eigenvalue weighted by molar-refractivity contribution is -0.137. The smallest absolute Gasteiger partial charge is 0.297 e. The molecule has 2 aliphatic rings. The first-order valence-corrected chi connectivity index (χ1v) is 6.94. The number of halogens is 3. The van der Waals surface area contributed by atoms with Crippen molar-refractivity contribution in [3.63, 3.8) is 0 Å². The third-order valence-corrected chi connectivity index (χ3v) is 4.50. The number of fused-ring (bicyclic) bond motifs is 2. The number of nitrogens with zero attached hydrogens (tertiary/aromatic N) is 2. The fourth-order valence-corrected chi connectivity index (χ4v) is 3.30. The second-order valence-electron chi connectivity index (χ2n) is 5.77. The molecular formula is C16H15F3N2. The minimum Gasteiger partial charge on any atom is -0.297 e. The topological polar surface area (TPSA) is 27.0 Å². The van der Waals surface area contributed by atoms with Gasteiger partial charge in [-0.15, -0.1) is 0 Å². The summed E-state index contributed by atoms with van der Waals surface area (Å²) in [5.41, 5.74) is 0.783. The summed E-state index contributed by atoms with van der Waals surface area (Å²) >= 11 is 0. The van der Waals surface area contributed by atoms with Gasteiger partial charge in [0.1, 0.15) is 0 Å². The van der Waals surface area contributed by atoms with E-state index in [-0.39, 0.29) is 5.56 Å². The van der Waals surface area contributed by atoms with E-state index in [1.165, 1.54) is 0 Å². The molecule has 21 heavy (non-hydrogen) atoms. The van der Waals surface area contributed by atoms with Crippen molar-refractivity contribution >= 4 is 5.57 Å². The van der Waals surface area contributed by atoms with Gasteiger partial charge < -0.3 is 0 Å². The van der Waals surface area contributed by atoms with Crippen LogP contribution in [0.1, 0.15) is 36.0 Å². The normalized spacial score (nSPS) is 25.6. The first kappa shape index (κ1) is 14.2. The highest BCUT2D eigenvalue weighted by Crippen LogP contribution is 2.39. The van der Waals surface area contributed by atoms with E-state index >= 15 is 0 Å². The van der Waals surface area contributed by atoms with Crippen molar-refractivity contribution in [2.24, 2.45) is 0 Å². The van der Waals surface area contributed by atoms with Crippen molar-refractivity contribution in [3.05, 3.63) is 41.0 Å². The maximum absolute atomic E-state index is 12.9. The molecule has 2 heterocycles. The van der Waals surface area contributed by atoms with Crippen LogP contribution in [0.5, 0.6) is 0 Å². The molecule has 2 nitrogen and oxygen atoms in total. The zero-order chi connectivity index (χ0) is 15.2.